The van der Waals surface area contributed by atoms with Gasteiger partial charge in [-0.3, -0.25) is 4.79 Å². The summed E-state index contributed by atoms with van der Waals surface area (Å²) in [6.45, 7) is 0.230. The number of carbonyl (C=O) groups is 2. The molecular weight excluding hydrogens is 499 g/mol. The summed E-state index contributed by atoms with van der Waals surface area (Å²) in [6.07, 6.45) is 0.670. The lowest BCUT2D eigenvalue weighted by atomic mass is 9.81. The van der Waals surface area contributed by atoms with Gasteiger partial charge in [-0.15, -0.1) is 13.2 Å². The molecule has 200 valence electrons. The number of alkyl halides is 3. The van der Waals surface area contributed by atoms with E-state index in [9.17, 15) is 22.8 Å². The van der Waals surface area contributed by atoms with Crippen molar-refractivity contribution in [2.75, 3.05) is 14.2 Å². The zero-order chi connectivity index (χ0) is 26.8. The zero-order valence-corrected chi connectivity index (χ0v) is 21.2. The van der Waals surface area contributed by atoms with E-state index in [1.807, 2.05) is 16.7 Å². The second-order valence-corrected chi connectivity index (χ2v) is 10.6. The Bertz CT molecular complexity index is 1450. The van der Waals surface area contributed by atoms with Gasteiger partial charge in [0.2, 0.25) is 0 Å². The number of hydrogen-bond donors (Lipinski definition) is 0. The van der Waals surface area contributed by atoms with Gasteiger partial charge in [0.05, 0.1) is 30.9 Å². The lowest BCUT2D eigenvalue weighted by molar-refractivity contribution is -0.274. The van der Waals surface area contributed by atoms with E-state index in [0.29, 0.717) is 23.1 Å². The van der Waals surface area contributed by atoms with Crippen LogP contribution >= 0.6 is 0 Å². The van der Waals surface area contributed by atoms with Crippen molar-refractivity contribution in [2.45, 2.75) is 63.3 Å². The SMILES string of the molecule is COC(=O)c1ccc2c(C3CCCCC3)c3n(c2c1)CC1(C(=O)OC)CC1c1c(OC(F)(F)F)cccc1-3. The van der Waals surface area contributed by atoms with Crippen molar-refractivity contribution in [1.29, 1.82) is 0 Å². The number of methoxy groups -OCH3 is 2. The van der Waals surface area contributed by atoms with Crippen molar-refractivity contribution in [1.82, 2.24) is 4.57 Å². The standard InChI is InChI=1S/C29H28F3NO5/c1-36-26(34)17-11-12-18-21(13-17)33-15-28(27(35)37-2)14-20(28)24-19(9-6-10-22(24)38-29(30,31)32)25(33)23(18)16-7-4-3-5-8-16/h6,9-13,16,20H,3-5,7-8,14-15H2,1-2H3. The molecule has 3 aliphatic rings. The van der Waals surface area contributed by atoms with Crippen molar-refractivity contribution >= 4 is 22.8 Å². The first-order chi connectivity index (χ1) is 18.2. The predicted octanol–water partition coefficient (Wildman–Crippen LogP) is 6.70. The molecule has 2 atom stereocenters. The van der Waals surface area contributed by atoms with Gasteiger partial charge in [-0.05, 0) is 48.9 Å². The largest absolute Gasteiger partial charge is 0.573 e. The number of nitrogens with zero attached hydrogens (tertiary/aromatic N) is 1. The Morgan fingerprint density at radius 1 is 1.00 bits per heavy atom. The first-order valence-corrected chi connectivity index (χ1v) is 12.9. The zero-order valence-electron chi connectivity index (χ0n) is 21.2. The van der Waals surface area contributed by atoms with Crippen LogP contribution in [0.2, 0.25) is 0 Å². The quantitative estimate of drug-likeness (QED) is 0.353. The number of fused-ring (bicyclic) bond motifs is 7. The fraction of sp³-hybridized carbons (Fsp3) is 0.448. The first kappa shape index (κ1) is 24.8. The topological polar surface area (TPSA) is 66.8 Å². The molecule has 6 nitrogen and oxygen atoms in total. The van der Waals surface area contributed by atoms with E-state index in [2.05, 4.69) is 4.74 Å². The van der Waals surface area contributed by atoms with Crippen molar-refractivity contribution in [3.63, 3.8) is 0 Å². The lowest BCUT2D eigenvalue weighted by Gasteiger charge is -2.24. The Kier molecular flexibility index (Phi) is 5.74. The third-order valence-corrected chi connectivity index (χ3v) is 8.54. The molecule has 38 heavy (non-hydrogen) atoms. The average Bonchev–Trinajstić information content (AvgIpc) is 3.56. The van der Waals surface area contributed by atoms with Crippen molar-refractivity contribution in [2.24, 2.45) is 5.41 Å². The minimum absolute atomic E-state index is 0.204. The number of rotatable bonds is 4. The number of halogens is 3. The fourth-order valence-electron chi connectivity index (χ4n) is 6.84. The molecule has 6 rings (SSSR count). The van der Waals surface area contributed by atoms with Gasteiger partial charge in [0.25, 0.3) is 0 Å². The minimum Gasteiger partial charge on any atom is -0.469 e. The highest BCUT2D eigenvalue weighted by molar-refractivity contribution is 6.00. The van der Waals surface area contributed by atoms with Gasteiger partial charge in [-0.25, -0.2) is 4.79 Å². The van der Waals surface area contributed by atoms with Crippen LogP contribution in [0.15, 0.2) is 36.4 Å². The Labute approximate surface area is 217 Å². The Morgan fingerprint density at radius 3 is 2.45 bits per heavy atom. The summed E-state index contributed by atoms with van der Waals surface area (Å²) in [5.74, 6) is -1.51. The van der Waals surface area contributed by atoms with Crippen molar-refractivity contribution in [3.05, 3.63) is 53.1 Å². The molecule has 2 aliphatic carbocycles. The van der Waals surface area contributed by atoms with Crippen LogP contribution in [0.5, 0.6) is 5.75 Å². The van der Waals surface area contributed by atoms with Crippen LogP contribution in [-0.4, -0.2) is 37.1 Å². The van der Waals surface area contributed by atoms with Crippen molar-refractivity contribution < 1.29 is 37.0 Å². The van der Waals surface area contributed by atoms with E-state index in [1.54, 1.807) is 18.2 Å². The summed E-state index contributed by atoms with van der Waals surface area (Å²) in [4.78, 5) is 25.6. The molecular formula is C29H28F3NO5. The van der Waals surface area contributed by atoms with Crippen LogP contribution in [0, 0.1) is 5.41 Å². The second-order valence-electron chi connectivity index (χ2n) is 10.6. The van der Waals surface area contributed by atoms with Crippen LogP contribution < -0.4 is 4.74 Å². The van der Waals surface area contributed by atoms with Crippen LogP contribution in [0.3, 0.4) is 0 Å². The Morgan fingerprint density at radius 2 is 1.76 bits per heavy atom. The highest BCUT2D eigenvalue weighted by Crippen LogP contribution is 2.67. The maximum atomic E-state index is 13.5. The van der Waals surface area contributed by atoms with Gasteiger partial charge >= 0.3 is 18.3 Å². The molecule has 2 fully saturated rings. The normalized spacial score (nSPS) is 22.6. The molecule has 0 N–H and O–H groups in total. The number of benzene rings is 2. The summed E-state index contributed by atoms with van der Waals surface area (Å²) in [7, 11) is 2.62. The van der Waals surface area contributed by atoms with E-state index >= 15 is 0 Å². The van der Waals surface area contributed by atoms with Gasteiger partial charge in [-0.1, -0.05) is 37.5 Å². The number of aromatic nitrogens is 1. The summed E-state index contributed by atoms with van der Waals surface area (Å²) in [5.41, 5.74) is 2.98. The molecule has 2 saturated carbocycles. The predicted molar refractivity (Wildman–Crippen MR) is 133 cm³/mol. The smallest absolute Gasteiger partial charge is 0.469 e. The number of carbonyl (C=O) groups excluding carboxylic acids is 2. The maximum absolute atomic E-state index is 13.5. The minimum atomic E-state index is -4.88. The number of hydrogen-bond acceptors (Lipinski definition) is 5. The van der Waals surface area contributed by atoms with Crippen LogP contribution in [0.1, 0.15) is 71.8 Å². The van der Waals surface area contributed by atoms with Gasteiger partial charge in [0.1, 0.15) is 5.75 Å². The van der Waals surface area contributed by atoms with Crippen LogP contribution in [0.25, 0.3) is 22.2 Å². The summed E-state index contributed by atoms with van der Waals surface area (Å²) in [6, 6.07) is 10.1. The molecule has 0 bridgehead atoms. The van der Waals surface area contributed by atoms with E-state index < -0.39 is 29.6 Å². The lowest BCUT2D eigenvalue weighted by Crippen LogP contribution is -2.25. The van der Waals surface area contributed by atoms with Gasteiger partial charge in [0, 0.05) is 34.5 Å². The molecule has 2 aromatic carbocycles. The highest BCUT2D eigenvalue weighted by atomic mass is 19.4. The van der Waals surface area contributed by atoms with Crippen LogP contribution in [-0.2, 0) is 20.8 Å². The van der Waals surface area contributed by atoms with E-state index in [-0.39, 0.29) is 18.2 Å². The molecule has 1 aromatic heterocycles. The Hall–Kier alpha value is -3.49. The molecule has 0 amide bonds. The first-order valence-electron chi connectivity index (χ1n) is 12.9. The summed E-state index contributed by atoms with van der Waals surface area (Å²) < 4.78 is 57.2. The van der Waals surface area contributed by atoms with Crippen molar-refractivity contribution in [3.8, 4) is 17.0 Å². The Balaban J connectivity index is 1.69. The summed E-state index contributed by atoms with van der Waals surface area (Å²) >= 11 is 0. The molecule has 0 radical (unpaired) electrons. The number of esters is 2. The molecule has 1 aliphatic heterocycles. The maximum Gasteiger partial charge on any atom is 0.573 e. The molecule has 3 aromatic rings. The van der Waals surface area contributed by atoms with Gasteiger partial charge < -0.3 is 18.8 Å². The molecule has 0 saturated heterocycles. The number of ether oxygens (including phenoxy) is 3. The molecule has 9 heteroatoms. The van der Waals surface area contributed by atoms with Gasteiger partial charge in [-0.2, -0.15) is 0 Å². The van der Waals surface area contributed by atoms with E-state index in [1.165, 1.54) is 20.3 Å². The fourth-order valence-corrected chi connectivity index (χ4v) is 6.84. The molecule has 2 heterocycles. The summed E-state index contributed by atoms with van der Waals surface area (Å²) in [5, 5.41) is 0.937. The molecule has 2 unspecified atom stereocenters. The highest BCUT2D eigenvalue weighted by Gasteiger charge is 2.65. The molecule has 0 spiro atoms. The third kappa shape index (κ3) is 3.77. The second kappa shape index (κ2) is 8.78. The van der Waals surface area contributed by atoms with E-state index in [0.717, 1.165) is 54.3 Å². The van der Waals surface area contributed by atoms with Gasteiger partial charge in [0.15, 0.2) is 0 Å². The average molecular weight is 528 g/mol. The monoisotopic (exact) mass is 527 g/mol. The third-order valence-electron chi connectivity index (χ3n) is 8.54. The van der Waals surface area contributed by atoms with Crippen LogP contribution in [0.4, 0.5) is 13.2 Å². The van der Waals surface area contributed by atoms with E-state index in [4.69, 9.17) is 9.47 Å².